The minimum Gasteiger partial charge on any atom is -0.493 e. The first-order valence-corrected chi connectivity index (χ1v) is 11.5. The summed E-state index contributed by atoms with van der Waals surface area (Å²) < 4.78 is 17.9. The zero-order valence-electron chi connectivity index (χ0n) is 18.8. The van der Waals surface area contributed by atoms with Gasteiger partial charge in [-0.3, -0.25) is 0 Å². The summed E-state index contributed by atoms with van der Waals surface area (Å²) in [6.45, 7) is 8.24. The molecule has 0 radical (unpaired) electrons. The van der Waals surface area contributed by atoms with Gasteiger partial charge in [-0.1, -0.05) is 12.6 Å². The van der Waals surface area contributed by atoms with Crippen LogP contribution < -0.4 is 9.47 Å². The molecule has 1 unspecified atom stereocenters. The second kappa shape index (κ2) is 7.77. The summed E-state index contributed by atoms with van der Waals surface area (Å²) in [6.07, 6.45) is 5.82. The number of methoxy groups -OCH3 is 1. The molecule has 4 saturated carbocycles. The highest BCUT2D eigenvalue weighted by atomic mass is 17.2. The first kappa shape index (κ1) is 21.3. The lowest BCUT2D eigenvalue weighted by Crippen LogP contribution is -2.63. The van der Waals surface area contributed by atoms with Crippen LogP contribution in [0.4, 0.5) is 0 Å². The van der Waals surface area contributed by atoms with Gasteiger partial charge in [0.25, 0.3) is 0 Å². The molecule has 4 bridgehead atoms. The fourth-order valence-electron chi connectivity index (χ4n) is 6.23. The van der Waals surface area contributed by atoms with Crippen LogP contribution in [0.1, 0.15) is 51.5 Å². The fraction of sp³-hybridized carbons (Fsp3) is 0.680. The molecular weight excluding hydrogens is 396 g/mol. The van der Waals surface area contributed by atoms with Gasteiger partial charge in [-0.05, 0) is 81.1 Å². The summed E-state index contributed by atoms with van der Waals surface area (Å²) in [6, 6.07) is 5.63. The molecule has 170 valence electrons. The molecule has 1 atom stereocenters. The number of ether oxygens (including phenoxy) is 3. The first-order chi connectivity index (χ1) is 14.8. The van der Waals surface area contributed by atoms with E-state index in [4.69, 9.17) is 24.0 Å². The van der Waals surface area contributed by atoms with Gasteiger partial charge in [-0.25, -0.2) is 4.89 Å². The standard InChI is InChI=1S/C25H34O6/c1-15(18-5-6-21(22(12-18)27-4)29-24(2,3)14-26)23-13-28-25(31-30-23)19-8-16-7-17(10-19)11-20(25)9-16/h5-6,12,16-17,19-20,23,26H,1,7-11,13-14H2,2-4H3. The monoisotopic (exact) mass is 430 g/mol. The van der Waals surface area contributed by atoms with E-state index in [1.165, 1.54) is 32.1 Å². The molecule has 5 fully saturated rings. The normalized spacial score (nSPS) is 36.6. The lowest BCUT2D eigenvalue weighted by molar-refractivity contribution is -0.517. The van der Waals surface area contributed by atoms with E-state index in [0.29, 0.717) is 29.9 Å². The second-order valence-corrected chi connectivity index (χ2v) is 10.4. The van der Waals surface area contributed by atoms with Crippen molar-refractivity contribution < 1.29 is 29.1 Å². The summed E-state index contributed by atoms with van der Waals surface area (Å²) in [5.74, 6) is 3.18. The molecule has 1 aliphatic heterocycles. The van der Waals surface area contributed by atoms with Crippen LogP contribution in [0, 0.1) is 23.7 Å². The SMILES string of the molecule is C=C(c1ccc(OC(C)(C)CO)c(OC)c1)C1COC2(OO1)C1CC3CC(C1)CC2C3. The van der Waals surface area contributed by atoms with E-state index in [9.17, 15) is 5.11 Å². The minimum atomic E-state index is -0.701. The van der Waals surface area contributed by atoms with Crippen molar-refractivity contribution in [3.63, 3.8) is 0 Å². The lowest BCUT2D eigenvalue weighted by atomic mass is 9.53. The summed E-state index contributed by atoms with van der Waals surface area (Å²) in [5, 5.41) is 9.49. The summed E-state index contributed by atoms with van der Waals surface area (Å²) in [4.78, 5) is 12.0. The van der Waals surface area contributed by atoms with Crippen molar-refractivity contribution in [3.05, 3.63) is 30.3 Å². The van der Waals surface area contributed by atoms with E-state index in [0.717, 1.165) is 23.0 Å². The van der Waals surface area contributed by atoms with Crippen molar-refractivity contribution in [2.45, 2.75) is 63.4 Å². The Hall–Kier alpha value is -1.60. The molecule has 1 N–H and O–H groups in total. The van der Waals surface area contributed by atoms with Crippen LogP contribution in [0.25, 0.3) is 5.57 Å². The number of hydrogen-bond donors (Lipinski definition) is 1. The molecule has 1 aromatic carbocycles. The van der Waals surface area contributed by atoms with E-state index in [1.54, 1.807) is 7.11 Å². The zero-order valence-corrected chi connectivity index (χ0v) is 18.8. The van der Waals surface area contributed by atoms with E-state index in [-0.39, 0.29) is 12.7 Å². The average Bonchev–Trinajstić information content (AvgIpc) is 2.77. The van der Waals surface area contributed by atoms with Crippen LogP contribution in [-0.4, -0.2) is 42.9 Å². The predicted octanol–water partition coefficient (Wildman–Crippen LogP) is 4.36. The third-order valence-electron chi connectivity index (χ3n) is 7.72. The van der Waals surface area contributed by atoms with Crippen LogP contribution in [0.3, 0.4) is 0 Å². The van der Waals surface area contributed by atoms with Crippen molar-refractivity contribution in [1.29, 1.82) is 0 Å². The van der Waals surface area contributed by atoms with Gasteiger partial charge < -0.3 is 19.3 Å². The predicted molar refractivity (Wildman–Crippen MR) is 116 cm³/mol. The van der Waals surface area contributed by atoms with Crippen LogP contribution in [0.15, 0.2) is 24.8 Å². The van der Waals surface area contributed by atoms with Crippen molar-refractivity contribution in [2.75, 3.05) is 20.3 Å². The number of rotatable bonds is 6. The van der Waals surface area contributed by atoms with E-state index in [1.807, 2.05) is 32.0 Å². The zero-order chi connectivity index (χ0) is 21.8. The third kappa shape index (κ3) is 3.67. The number of benzene rings is 1. The molecule has 0 aromatic heterocycles. The molecular formula is C25H34O6. The number of aliphatic hydroxyl groups is 1. The maximum Gasteiger partial charge on any atom is 0.207 e. The van der Waals surface area contributed by atoms with Crippen LogP contribution in [-0.2, 0) is 14.5 Å². The van der Waals surface area contributed by atoms with Gasteiger partial charge in [0.05, 0.1) is 20.3 Å². The van der Waals surface area contributed by atoms with Crippen LogP contribution in [0.5, 0.6) is 11.5 Å². The van der Waals surface area contributed by atoms with Gasteiger partial charge in [-0.15, -0.1) is 0 Å². The molecule has 6 rings (SSSR count). The molecule has 6 heteroatoms. The maximum atomic E-state index is 9.49. The largest absolute Gasteiger partial charge is 0.493 e. The van der Waals surface area contributed by atoms with Gasteiger partial charge in [0.2, 0.25) is 5.79 Å². The van der Waals surface area contributed by atoms with Crippen LogP contribution >= 0.6 is 0 Å². The molecule has 6 nitrogen and oxygen atoms in total. The molecule has 1 spiro atoms. The van der Waals surface area contributed by atoms with Crippen molar-refractivity contribution in [2.24, 2.45) is 23.7 Å². The highest BCUT2D eigenvalue weighted by Crippen LogP contribution is 2.60. The topological polar surface area (TPSA) is 66.4 Å². The van der Waals surface area contributed by atoms with Crippen LogP contribution in [0.2, 0.25) is 0 Å². The van der Waals surface area contributed by atoms with Gasteiger partial charge in [0.1, 0.15) is 11.7 Å². The Morgan fingerprint density at radius 2 is 1.81 bits per heavy atom. The molecule has 1 heterocycles. The van der Waals surface area contributed by atoms with E-state index < -0.39 is 11.4 Å². The summed E-state index contributed by atoms with van der Waals surface area (Å²) >= 11 is 0. The highest BCUT2D eigenvalue weighted by molar-refractivity contribution is 5.69. The maximum absolute atomic E-state index is 9.49. The smallest absolute Gasteiger partial charge is 0.207 e. The van der Waals surface area contributed by atoms with Crippen molar-refractivity contribution in [3.8, 4) is 11.5 Å². The molecule has 1 aromatic rings. The quantitative estimate of drug-likeness (QED) is 0.677. The third-order valence-corrected chi connectivity index (χ3v) is 7.72. The van der Waals surface area contributed by atoms with Gasteiger partial charge in [0.15, 0.2) is 11.5 Å². The Kier molecular flexibility index (Phi) is 5.32. The average molecular weight is 431 g/mol. The Balaban J connectivity index is 1.28. The Bertz CT molecular complexity index is 808. The Morgan fingerprint density at radius 3 is 2.35 bits per heavy atom. The fourth-order valence-corrected chi connectivity index (χ4v) is 6.23. The van der Waals surface area contributed by atoms with Gasteiger partial charge in [0, 0.05) is 11.8 Å². The first-order valence-electron chi connectivity index (χ1n) is 11.5. The van der Waals surface area contributed by atoms with Crippen molar-refractivity contribution in [1.82, 2.24) is 0 Å². The number of hydrogen-bond acceptors (Lipinski definition) is 6. The molecule has 1 saturated heterocycles. The van der Waals surface area contributed by atoms with E-state index >= 15 is 0 Å². The summed E-state index contributed by atoms with van der Waals surface area (Å²) in [5.41, 5.74) is 0.960. The molecule has 31 heavy (non-hydrogen) atoms. The molecule has 0 amide bonds. The van der Waals surface area contributed by atoms with E-state index in [2.05, 4.69) is 6.58 Å². The summed E-state index contributed by atoms with van der Waals surface area (Å²) in [7, 11) is 1.60. The number of aliphatic hydroxyl groups excluding tert-OH is 1. The molecule has 5 aliphatic rings. The Morgan fingerprint density at radius 1 is 1.13 bits per heavy atom. The second-order valence-electron chi connectivity index (χ2n) is 10.4. The van der Waals surface area contributed by atoms with Gasteiger partial charge >= 0.3 is 0 Å². The lowest BCUT2D eigenvalue weighted by Gasteiger charge is -2.60. The highest BCUT2D eigenvalue weighted by Gasteiger charge is 2.61. The van der Waals surface area contributed by atoms with Crippen molar-refractivity contribution >= 4 is 5.57 Å². The molecule has 4 aliphatic carbocycles. The minimum absolute atomic E-state index is 0.0968. The Labute approximate surface area is 184 Å². The van der Waals surface area contributed by atoms with Gasteiger partial charge in [-0.2, -0.15) is 4.89 Å².